The number of ether oxygens (including phenoxy) is 1. The number of rotatable bonds is 3. The Morgan fingerprint density at radius 3 is 2.91 bits per heavy atom. The molecule has 0 spiro atoms. The molecule has 1 saturated heterocycles. The Labute approximate surface area is 68.6 Å². The van der Waals surface area contributed by atoms with E-state index in [0.717, 1.165) is 32.3 Å². The van der Waals surface area contributed by atoms with Crippen LogP contribution >= 0.6 is 0 Å². The minimum Gasteiger partial charge on any atom is -0.390 e. The minimum atomic E-state index is -0.222. The van der Waals surface area contributed by atoms with Gasteiger partial charge in [-0.2, -0.15) is 0 Å². The lowest BCUT2D eigenvalue weighted by Crippen LogP contribution is -2.31. The summed E-state index contributed by atoms with van der Waals surface area (Å²) in [6, 6.07) is 0. The molecule has 0 aromatic rings. The maximum absolute atomic E-state index is 9.55. The average Bonchev–Trinajstić information content (AvgIpc) is 2.07. The van der Waals surface area contributed by atoms with Crippen LogP contribution < -0.4 is 0 Å². The fourth-order valence-corrected chi connectivity index (χ4v) is 1.55. The van der Waals surface area contributed by atoms with Crippen LogP contribution in [0.3, 0.4) is 0 Å². The first-order chi connectivity index (χ1) is 5.34. The Morgan fingerprint density at radius 2 is 2.36 bits per heavy atom. The largest absolute Gasteiger partial charge is 0.390 e. The summed E-state index contributed by atoms with van der Waals surface area (Å²) in [5.41, 5.74) is 0. The van der Waals surface area contributed by atoms with Crippen LogP contribution in [0.15, 0.2) is 0 Å². The molecule has 11 heavy (non-hydrogen) atoms. The molecule has 66 valence electrons. The van der Waals surface area contributed by atoms with E-state index in [-0.39, 0.29) is 12.2 Å². The summed E-state index contributed by atoms with van der Waals surface area (Å²) < 4.78 is 5.44. The molecule has 2 nitrogen and oxygen atoms in total. The molecule has 0 aromatic heterocycles. The van der Waals surface area contributed by atoms with Crippen molar-refractivity contribution >= 4 is 0 Å². The molecule has 1 rings (SSSR count). The second-order valence-corrected chi connectivity index (χ2v) is 3.26. The number of aliphatic hydroxyl groups excluding tert-OH is 1. The van der Waals surface area contributed by atoms with Crippen LogP contribution in [0.2, 0.25) is 0 Å². The molecule has 2 heteroatoms. The summed E-state index contributed by atoms with van der Waals surface area (Å²) in [5, 5.41) is 9.55. The standard InChI is InChI=1S/C9H18O2/c1-2-5-8(10)9-6-3-4-7-11-9/h8-10H,2-7H2,1H3. The van der Waals surface area contributed by atoms with Crippen LogP contribution in [-0.4, -0.2) is 23.9 Å². The molecule has 0 bridgehead atoms. The Hall–Kier alpha value is -0.0800. The van der Waals surface area contributed by atoms with Crippen LogP contribution in [0.1, 0.15) is 39.0 Å². The fourth-order valence-electron chi connectivity index (χ4n) is 1.55. The lowest BCUT2D eigenvalue weighted by molar-refractivity contribution is -0.0643. The maximum atomic E-state index is 9.55. The molecule has 0 saturated carbocycles. The first-order valence-electron chi connectivity index (χ1n) is 4.64. The second kappa shape index (κ2) is 4.73. The molecular weight excluding hydrogens is 140 g/mol. The van der Waals surface area contributed by atoms with Gasteiger partial charge < -0.3 is 9.84 Å². The van der Waals surface area contributed by atoms with Crippen molar-refractivity contribution in [3.8, 4) is 0 Å². The van der Waals surface area contributed by atoms with Gasteiger partial charge in [-0.25, -0.2) is 0 Å². The van der Waals surface area contributed by atoms with Gasteiger partial charge in [0, 0.05) is 6.61 Å². The highest BCUT2D eigenvalue weighted by Gasteiger charge is 2.21. The topological polar surface area (TPSA) is 29.5 Å². The molecule has 0 aromatic carbocycles. The number of hydrogen-bond donors (Lipinski definition) is 1. The van der Waals surface area contributed by atoms with Crippen molar-refractivity contribution in [2.75, 3.05) is 6.61 Å². The SMILES string of the molecule is CCCC(O)C1CCCCO1. The Balaban J connectivity index is 2.21. The van der Waals surface area contributed by atoms with Crippen LogP contribution in [0.5, 0.6) is 0 Å². The molecule has 0 amide bonds. The Kier molecular flexibility index (Phi) is 3.87. The third-order valence-corrected chi connectivity index (χ3v) is 2.23. The molecule has 1 heterocycles. The molecule has 1 aliphatic heterocycles. The predicted molar refractivity (Wildman–Crippen MR) is 44.5 cm³/mol. The van der Waals surface area contributed by atoms with E-state index in [0.29, 0.717) is 0 Å². The Bertz CT molecular complexity index is 97.7. The summed E-state index contributed by atoms with van der Waals surface area (Å²) >= 11 is 0. The van der Waals surface area contributed by atoms with E-state index in [1.807, 2.05) is 0 Å². The lowest BCUT2D eigenvalue weighted by atomic mass is 10.0. The van der Waals surface area contributed by atoms with Crippen molar-refractivity contribution in [3.63, 3.8) is 0 Å². The quantitative estimate of drug-likeness (QED) is 0.677. The van der Waals surface area contributed by atoms with Gasteiger partial charge in [0.2, 0.25) is 0 Å². The third kappa shape index (κ3) is 2.80. The van der Waals surface area contributed by atoms with E-state index in [1.165, 1.54) is 6.42 Å². The van der Waals surface area contributed by atoms with Crippen LogP contribution in [-0.2, 0) is 4.74 Å². The molecule has 2 unspecified atom stereocenters. The van der Waals surface area contributed by atoms with Crippen molar-refractivity contribution in [3.05, 3.63) is 0 Å². The van der Waals surface area contributed by atoms with E-state index in [1.54, 1.807) is 0 Å². The molecule has 1 N–H and O–H groups in total. The van der Waals surface area contributed by atoms with E-state index in [2.05, 4.69) is 6.92 Å². The van der Waals surface area contributed by atoms with Crippen molar-refractivity contribution in [2.45, 2.75) is 51.2 Å². The predicted octanol–water partition coefficient (Wildman–Crippen LogP) is 1.72. The van der Waals surface area contributed by atoms with Gasteiger partial charge in [0.05, 0.1) is 12.2 Å². The normalized spacial score (nSPS) is 28.4. The van der Waals surface area contributed by atoms with Gasteiger partial charge in [0.25, 0.3) is 0 Å². The summed E-state index contributed by atoms with van der Waals surface area (Å²) in [5.74, 6) is 0. The fraction of sp³-hybridized carbons (Fsp3) is 1.00. The van der Waals surface area contributed by atoms with Crippen LogP contribution in [0.25, 0.3) is 0 Å². The molecular formula is C9H18O2. The summed E-state index contributed by atoms with van der Waals surface area (Å²) in [4.78, 5) is 0. The number of hydrogen-bond acceptors (Lipinski definition) is 2. The first kappa shape index (κ1) is 9.01. The van der Waals surface area contributed by atoms with Crippen molar-refractivity contribution in [2.24, 2.45) is 0 Å². The van der Waals surface area contributed by atoms with E-state index in [4.69, 9.17) is 4.74 Å². The zero-order chi connectivity index (χ0) is 8.10. The first-order valence-corrected chi connectivity index (χ1v) is 4.64. The molecule has 2 atom stereocenters. The molecule has 1 fully saturated rings. The highest BCUT2D eigenvalue weighted by molar-refractivity contribution is 4.71. The van der Waals surface area contributed by atoms with Crippen molar-refractivity contribution in [1.29, 1.82) is 0 Å². The second-order valence-electron chi connectivity index (χ2n) is 3.26. The maximum Gasteiger partial charge on any atom is 0.0833 e. The zero-order valence-corrected chi connectivity index (χ0v) is 7.25. The van der Waals surface area contributed by atoms with Crippen LogP contribution in [0.4, 0.5) is 0 Å². The van der Waals surface area contributed by atoms with Gasteiger partial charge in [-0.15, -0.1) is 0 Å². The van der Waals surface area contributed by atoms with Gasteiger partial charge >= 0.3 is 0 Å². The smallest absolute Gasteiger partial charge is 0.0833 e. The van der Waals surface area contributed by atoms with Gasteiger partial charge in [-0.1, -0.05) is 13.3 Å². The Morgan fingerprint density at radius 1 is 1.55 bits per heavy atom. The number of aliphatic hydroxyl groups is 1. The van der Waals surface area contributed by atoms with Gasteiger partial charge in [0.1, 0.15) is 0 Å². The van der Waals surface area contributed by atoms with E-state index in [9.17, 15) is 5.11 Å². The van der Waals surface area contributed by atoms with Gasteiger partial charge in [-0.05, 0) is 25.7 Å². The van der Waals surface area contributed by atoms with Gasteiger partial charge in [-0.3, -0.25) is 0 Å². The highest BCUT2D eigenvalue weighted by atomic mass is 16.5. The summed E-state index contributed by atoms with van der Waals surface area (Å²) in [7, 11) is 0. The lowest BCUT2D eigenvalue weighted by Gasteiger charge is -2.26. The van der Waals surface area contributed by atoms with Gasteiger partial charge in [0.15, 0.2) is 0 Å². The van der Waals surface area contributed by atoms with E-state index < -0.39 is 0 Å². The van der Waals surface area contributed by atoms with Crippen molar-refractivity contribution < 1.29 is 9.84 Å². The summed E-state index contributed by atoms with van der Waals surface area (Å²) in [6.45, 7) is 2.93. The average molecular weight is 158 g/mol. The van der Waals surface area contributed by atoms with Crippen molar-refractivity contribution in [1.82, 2.24) is 0 Å². The molecule has 0 radical (unpaired) electrons. The summed E-state index contributed by atoms with van der Waals surface area (Å²) in [6.07, 6.45) is 5.25. The monoisotopic (exact) mass is 158 g/mol. The molecule has 1 aliphatic rings. The van der Waals surface area contributed by atoms with E-state index >= 15 is 0 Å². The minimum absolute atomic E-state index is 0.128. The van der Waals surface area contributed by atoms with Crippen LogP contribution in [0, 0.1) is 0 Å². The zero-order valence-electron chi connectivity index (χ0n) is 7.25. The molecule has 0 aliphatic carbocycles. The third-order valence-electron chi connectivity index (χ3n) is 2.23. The highest BCUT2D eigenvalue weighted by Crippen LogP contribution is 2.18.